The summed E-state index contributed by atoms with van der Waals surface area (Å²) in [4.78, 5) is 13.2. The van der Waals surface area contributed by atoms with Gasteiger partial charge in [-0.2, -0.15) is 13.2 Å². The zero-order chi connectivity index (χ0) is 22.8. The fourth-order valence-electron chi connectivity index (χ4n) is 3.51. The fraction of sp³-hybridized carbons (Fsp3) is 0.381. The van der Waals surface area contributed by atoms with E-state index in [4.69, 9.17) is 11.6 Å². The maximum Gasteiger partial charge on any atom is 0.406 e. The number of carbonyl (C=O) groups is 1. The number of hydrogen-bond donors (Lipinski definition) is 0. The molecule has 10 heteroatoms. The quantitative estimate of drug-likeness (QED) is 0.573. The summed E-state index contributed by atoms with van der Waals surface area (Å²) in [7, 11) is -4.11. The summed E-state index contributed by atoms with van der Waals surface area (Å²) in [5.74, 6) is -0.888. The molecule has 168 valence electrons. The Balaban J connectivity index is 1.96. The molecular formula is C21H22ClF3N2O3S. The van der Waals surface area contributed by atoms with Crippen LogP contribution in [0.1, 0.15) is 35.7 Å². The molecule has 0 bridgehead atoms. The van der Waals surface area contributed by atoms with Crippen molar-refractivity contribution >= 4 is 33.2 Å². The Hall–Kier alpha value is -2.26. The third-order valence-corrected chi connectivity index (χ3v) is 7.32. The first kappa shape index (κ1) is 23.4. The Labute approximate surface area is 184 Å². The molecule has 1 aliphatic rings. The summed E-state index contributed by atoms with van der Waals surface area (Å²) in [6.07, 6.45) is -3.03. The minimum Gasteiger partial charge on any atom is -0.330 e. The zero-order valence-electron chi connectivity index (χ0n) is 16.8. The minimum atomic E-state index is -4.57. The standard InChI is InChI=1S/C21H22ClF3N2O3S/c1-2-3-11-26(14-21(23,24)25)20(28)16-8-9-17(22)19(13-16)31(29,30)27-12-10-15-6-4-5-7-18(15)27/h4-9,13H,2-3,10-12,14H2,1H3. The molecular weight excluding hydrogens is 453 g/mol. The number of rotatable bonds is 7. The molecule has 1 heterocycles. The van der Waals surface area contributed by atoms with Crippen molar-refractivity contribution in [3.05, 3.63) is 58.6 Å². The highest BCUT2D eigenvalue weighted by Crippen LogP contribution is 2.35. The van der Waals surface area contributed by atoms with Crippen molar-refractivity contribution in [2.24, 2.45) is 0 Å². The van der Waals surface area contributed by atoms with Crippen LogP contribution in [0.2, 0.25) is 5.02 Å². The molecule has 0 spiro atoms. The second kappa shape index (κ2) is 9.08. The molecule has 0 fully saturated rings. The van der Waals surface area contributed by atoms with Crippen LogP contribution in [0, 0.1) is 0 Å². The zero-order valence-corrected chi connectivity index (χ0v) is 18.4. The average Bonchev–Trinajstić information content (AvgIpc) is 3.15. The predicted molar refractivity (Wildman–Crippen MR) is 113 cm³/mol. The van der Waals surface area contributed by atoms with Crippen LogP contribution in [0.4, 0.5) is 18.9 Å². The number of carbonyl (C=O) groups excluding carboxylic acids is 1. The lowest BCUT2D eigenvalue weighted by molar-refractivity contribution is -0.140. The molecule has 0 saturated carbocycles. The van der Waals surface area contributed by atoms with Gasteiger partial charge in [-0.1, -0.05) is 43.1 Å². The number of hydrogen-bond acceptors (Lipinski definition) is 3. The van der Waals surface area contributed by atoms with Crippen LogP contribution in [0.25, 0.3) is 0 Å². The van der Waals surface area contributed by atoms with E-state index in [0.29, 0.717) is 29.8 Å². The van der Waals surface area contributed by atoms with E-state index in [0.717, 1.165) is 11.6 Å². The van der Waals surface area contributed by atoms with E-state index in [1.807, 2.05) is 12.1 Å². The van der Waals surface area contributed by atoms with Crippen LogP contribution < -0.4 is 4.31 Å². The second-order valence-corrected chi connectivity index (χ2v) is 9.53. The van der Waals surface area contributed by atoms with E-state index >= 15 is 0 Å². The molecule has 0 aromatic heterocycles. The lowest BCUT2D eigenvalue weighted by atomic mass is 10.2. The van der Waals surface area contributed by atoms with Crippen LogP contribution in [0.3, 0.4) is 0 Å². The van der Waals surface area contributed by atoms with Crippen LogP contribution in [-0.4, -0.2) is 45.0 Å². The number of para-hydroxylation sites is 1. The molecule has 1 aliphatic heterocycles. The summed E-state index contributed by atoms with van der Waals surface area (Å²) < 4.78 is 66.7. The van der Waals surface area contributed by atoms with Crippen molar-refractivity contribution in [3.8, 4) is 0 Å². The minimum absolute atomic E-state index is 0.0843. The van der Waals surface area contributed by atoms with E-state index in [1.165, 1.54) is 16.4 Å². The summed E-state index contributed by atoms with van der Waals surface area (Å²) in [5.41, 5.74) is 1.23. The maximum absolute atomic E-state index is 13.3. The number of unbranched alkanes of at least 4 members (excludes halogenated alkanes) is 1. The highest BCUT2D eigenvalue weighted by Gasteiger charge is 2.35. The molecule has 0 saturated heterocycles. The Morgan fingerprint density at radius 2 is 1.90 bits per heavy atom. The van der Waals surface area contributed by atoms with Gasteiger partial charge in [0.05, 0.1) is 10.7 Å². The molecule has 2 aromatic rings. The average molecular weight is 475 g/mol. The topological polar surface area (TPSA) is 57.7 Å². The Morgan fingerprint density at radius 1 is 1.19 bits per heavy atom. The van der Waals surface area contributed by atoms with E-state index in [1.54, 1.807) is 19.1 Å². The van der Waals surface area contributed by atoms with Gasteiger partial charge < -0.3 is 4.90 Å². The summed E-state index contributed by atoms with van der Waals surface area (Å²) in [6.45, 7) is 0.527. The molecule has 1 amide bonds. The van der Waals surface area contributed by atoms with Crippen molar-refractivity contribution in [2.45, 2.75) is 37.3 Å². The molecule has 0 N–H and O–H groups in total. The summed E-state index contributed by atoms with van der Waals surface area (Å²) in [5, 5.41) is -0.100. The van der Waals surface area contributed by atoms with Crippen molar-refractivity contribution in [1.29, 1.82) is 0 Å². The second-order valence-electron chi connectivity index (χ2n) is 7.30. The van der Waals surface area contributed by atoms with E-state index in [-0.39, 0.29) is 28.6 Å². The monoisotopic (exact) mass is 474 g/mol. The molecule has 0 aliphatic carbocycles. The molecule has 3 rings (SSSR count). The largest absolute Gasteiger partial charge is 0.406 e. The van der Waals surface area contributed by atoms with Crippen LogP contribution >= 0.6 is 11.6 Å². The van der Waals surface area contributed by atoms with Gasteiger partial charge in [0, 0.05) is 18.7 Å². The van der Waals surface area contributed by atoms with Crippen molar-refractivity contribution < 1.29 is 26.4 Å². The smallest absolute Gasteiger partial charge is 0.330 e. The lowest BCUT2D eigenvalue weighted by Crippen LogP contribution is -2.39. The molecule has 2 aromatic carbocycles. The van der Waals surface area contributed by atoms with Crippen LogP contribution in [0.5, 0.6) is 0 Å². The first-order valence-corrected chi connectivity index (χ1v) is 11.6. The Morgan fingerprint density at radius 3 is 2.58 bits per heavy atom. The number of fused-ring (bicyclic) bond motifs is 1. The highest BCUT2D eigenvalue weighted by atomic mass is 35.5. The van der Waals surface area contributed by atoms with Gasteiger partial charge in [-0.3, -0.25) is 9.10 Å². The third kappa shape index (κ3) is 5.15. The van der Waals surface area contributed by atoms with Gasteiger partial charge in [-0.25, -0.2) is 8.42 Å². The molecule has 0 radical (unpaired) electrons. The van der Waals surface area contributed by atoms with Crippen molar-refractivity contribution in [1.82, 2.24) is 4.90 Å². The number of amides is 1. The van der Waals surface area contributed by atoms with Gasteiger partial charge in [0.25, 0.3) is 15.9 Å². The fourth-order valence-corrected chi connectivity index (χ4v) is 5.52. The Kier molecular flexibility index (Phi) is 6.85. The highest BCUT2D eigenvalue weighted by molar-refractivity contribution is 7.93. The van der Waals surface area contributed by atoms with Gasteiger partial charge in [0.1, 0.15) is 11.4 Å². The molecule has 0 atom stereocenters. The SMILES string of the molecule is CCCCN(CC(F)(F)F)C(=O)c1ccc(Cl)c(S(=O)(=O)N2CCc3ccccc32)c1. The number of halogens is 4. The summed E-state index contributed by atoms with van der Waals surface area (Å²) in [6, 6.07) is 10.6. The molecule has 5 nitrogen and oxygen atoms in total. The van der Waals surface area contributed by atoms with Gasteiger partial charge in [0.15, 0.2) is 0 Å². The van der Waals surface area contributed by atoms with E-state index in [9.17, 15) is 26.4 Å². The first-order valence-electron chi connectivity index (χ1n) is 9.81. The van der Waals surface area contributed by atoms with Gasteiger partial charge in [0.2, 0.25) is 0 Å². The number of sulfonamides is 1. The van der Waals surface area contributed by atoms with Crippen LogP contribution in [0.15, 0.2) is 47.4 Å². The number of nitrogens with zero attached hydrogens (tertiary/aromatic N) is 2. The normalized spacial score (nSPS) is 13.9. The van der Waals surface area contributed by atoms with Crippen molar-refractivity contribution in [2.75, 3.05) is 23.9 Å². The number of anilines is 1. The molecule has 0 unspecified atom stereocenters. The lowest BCUT2D eigenvalue weighted by Gasteiger charge is -2.25. The molecule has 31 heavy (non-hydrogen) atoms. The van der Waals surface area contributed by atoms with E-state index < -0.39 is 28.7 Å². The van der Waals surface area contributed by atoms with Gasteiger partial charge in [-0.15, -0.1) is 0 Å². The Bertz CT molecular complexity index is 1070. The summed E-state index contributed by atoms with van der Waals surface area (Å²) >= 11 is 6.15. The van der Waals surface area contributed by atoms with Gasteiger partial charge in [-0.05, 0) is 42.7 Å². The van der Waals surface area contributed by atoms with E-state index in [2.05, 4.69) is 0 Å². The first-order chi connectivity index (χ1) is 14.5. The predicted octanol–water partition coefficient (Wildman–Crippen LogP) is 4.90. The van der Waals surface area contributed by atoms with Gasteiger partial charge >= 0.3 is 6.18 Å². The van der Waals surface area contributed by atoms with Crippen molar-refractivity contribution in [3.63, 3.8) is 0 Å². The number of benzene rings is 2. The third-order valence-electron chi connectivity index (χ3n) is 5.03. The number of alkyl halides is 3. The van der Waals surface area contributed by atoms with Crippen LogP contribution in [-0.2, 0) is 16.4 Å². The maximum atomic E-state index is 13.3.